The number of carbonyl (C=O) groups is 1. The van der Waals surface area contributed by atoms with Gasteiger partial charge in [0.15, 0.2) is 5.96 Å². The van der Waals surface area contributed by atoms with Crippen LogP contribution < -0.4 is 16.4 Å². The van der Waals surface area contributed by atoms with Gasteiger partial charge in [-0.05, 0) is 37.0 Å². The molecule has 1 aromatic rings. The van der Waals surface area contributed by atoms with Gasteiger partial charge in [-0.25, -0.2) is 9.79 Å². The fourth-order valence-electron chi connectivity index (χ4n) is 2.50. The van der Waals surface area contributed by atoms with E-state index in [2.05, 4.69) is 22.5 Å². The number of nitrogens with one attached hydrogen (secondary N) is 2. The van der Waals surface area contributed by atoms with E-state index in [9.17, 15) is 4.79 Å². The summed E-state index contributed by atoms with van der Waals surface area (Å²) in [6.07, 6.45) is 4.38. The summed E-state index contributed by atoms with van der Waals surface area (Å²) in [7, 11) is 0. The van der Waals surface area contributed by atoms with Crippen LogP contribution >= 0.6 is 24.0 Å². The van der Waals surface area contributed by atoms with Crippen molar-refractivity contribution in [3.63, 3.8) is 0 Å². The molecular formula is C17H28IN5O. The third kappa shape index (κ3) is 6.94. The Hall–Kier alpha value is -1.51. The molecule has 2 amide bonds. The molecule has 1 aliphatic rings. The van der Waals surface area contributed by atoms with Gasteiger partial charge in [-0.3, -0.25) is 0 Å². The Bertz CT molecular complexity index is 544. The maximum Gasteiger partial charge on any atom is 0.321 e. The van der Waals surface area contributed by atoms with E-state index >= 15 is 0 Å². The highest BCUT2D eigenvalue weighted by Gasteiger charge is 2.17. The Morgan fingerprint density at radius 2 is 2.08 bits per heavy atom. The molecule has 1 heterocycles. The van der Waals surface area contributed by atoms with E-state index in [1.165, 1.54) is 0 Å². The second-order valence-electron chi connectivity index (χ2n) is 5.81. The quantitative estimate of drug-likeness (QED) is 0.272. The van der Waals surface area contributed by atoms with Crippen LogP contribution in [0.3, 0.4) is 0 Å². The smallest absolute Gasteiger partial charge is 0.321 e. The van der Waals surface area contributed by atoms with Crippen LogP contribution in [-0.2, 0) is 6.54 Å². The molecule has 0 aromatic heterocycles. The molecule has 0 saturated carbocycles. The van der Waals surface area contributed by atoms with Gasteiger partial charge in [0.1, 0.15) is 0 Å². The van der Waals surface area contributed by atoms with Gasteiger partial charge in [0, 0.05) is 25.3 Å². The van der Waals surface area contributed by atoms with Gasteiger partial charge in [-0.15, -0.1) is 24.0 Å². The van der Waals surface area contributed by atoms with Crippen LogP contribution in [0.2, 0.25) is 0 Å². The average molecular weight is 445 g/mol. The molecular weight excluding hydrogens is 417 g/mol. The normalized spacial score (nSPS) is 14.2. The summed E-state index contributed by atoms with van der Waals surface area (Å²) < 4.78 is 0. The fraction of sp³-hybridized carbons (Fsp3) is 0.529. The highest BCUT2D eigenvalue weighted by Crippen LogP contribution is 2.14. The number of halogens is 1. The number of likely N-dealkylation sites (tertiary alicyclic amines) is 1. The van der Waals surface area contributed by atoms with Crippen LogP contribution in [0, 0.1) is 0 Å². The Labute approximate surface area is 161 Å². The molecule has 1 fully saturated rings. The molecule has 0 aliphatic carbocycles. The first-order chi connectivity index (χ1) is 11.2. The molecule has 0 spiro atoms. The number of amides is 2. The van der Waals surface area contributed by atoms with Crippen molar-refractivity contribution in [2.45, 2.75) is 39.2 Å². The molecule has 134 valence electrons. The molecule has 24 heavy (non-hydrogen) atoms. The highest BCUT2D eigenvalue weighted by atomic mass is 127. The van der Waals surface area contributed by atoms with E-state index < -0.39 is 0 Å². The van der Waals surface area contributed by atoms with E-state index in [0.717, 1.165) is 56.6 Å². The van der Waals surface area contributed by atoms with Crippen molar-refractivity contribution in [3.8, 4) is 0 Å². The summed E-state index contributed by atoms with van der Waals surface area (Å²) in [6.45, 7) is 5.17. The first-order valence-electron chi connectivity index (χ1n) is 8.37. The summed E-state index contributed by atoms with van der Waals surface area (Å²) in [5.74, 6) is 0.463. The Morgan fingerprint density at radius 3 is 2.79 bits per heavy atom. The molecule has 0 radical (unpaired) electrons. The predicted octanol–water partition coefficient (Wildman–Crippen LogP) is 3.14. The summed E-state index contributed by atoms with van der Waals surface area (Å²) in [6, 6.07) is 7.71. The van der Waals surface area contributed by atoms with Gasteiger partial charge in [0.05, 0.1) is 6.54 Å². The molecule has 0 unspecified atom stereocenters. The number of aliphatic imine (C=N–C) groups is 1. The standard InChI is InChI=1S/C17H27N5O.HI/c1-2-3-9-19-16(18)20-13-14-7-6-8-15(12-14)21-17(23)22-10-4-5-11-22;/h6-8,12H,2-5,9-11,13H2,1H3,(H,21,23)(H3,18,19,20);1H. The minimum Gasteiger partial charge on any atom is -0.370 e. The molecule has 4 N–H and O–H groups in total. The van der Waals surface area contributed by atoms with E-state index in [4.69, 9.17) is 5.73 Å². The number of benzene rings is 1. The number of rotatable bonds is 6. The zero-order chi connectivity index (χ0) is 16.5. The second kappa shape index (κ2) is 11.1. The Morgan fingerprint density at radius 1 is 1.33 bits per heavy atom. The molecule has 0 atom stereocenters. The first-order valence-corrected chi connectivity index (χ1v) is 8.37. The third-order valence-corrected chi connectivity index (χ3v) is 3.84. The van der Waals surface area contributed by atoms with E-state index in [-0.39, 0.29) is 30.0 Å². The van der Waals surface area contributed by atoms with Gasteiger partial charge >= 0.3 is 6.03 Å². The van der Waals surface area contributed by atoms with Gasteiger partial charge in [0.2, 0.25) is 0 Å². The number of unbranched alkanes of at least 4 members (excludes halogenated alkanes) is 1. The number of nitrogens with zero attached hydrogens (tertiary/aromatic N) is 2. The van der Waals surface area contributed by atoms with Gasteiger partial charge < -0.3 is 21.3 Å². The maximum atomic E-state index is 12.1. The van der Waals surface area contributed by atoms with E-state index in [1.54, 1.807) is 0 Å². The lowest BCUT2D eigenvalue weighted by molar-refractivity contribution is 0.222. The van der Waals surface area contributed by atoms with Crippen LogP contribution in [0.4, 0.5) is 10.5 Å². The number of carbonyl (C=O) groups excluding carboxylic acids is 1. The van der Waals surface area contributed by atoms with Gasteiger partial charge in [-0.1, -0.05) is 25.5 Å². The van der Waals surface area contributed by atoms with Crippen molar-refractivity contribution in [2.24, 2.45) is 10.7 Å². The molecule has 7 heteroatoms. The van der Waals surface area contributed by atoms with Crippen LogP contribution in [-0.4, -0.2) is 36.5 Å². The number of hydrogen-bond acceptors (Lipinski definition) is 2. The number of urea groups is 1. The minimum atomic E-state index is -0.0242. The molecule has 1 aromatic carbocycles. The minimum absolute atomic E-state index is 0. The van der Waals surface area contributed by atoms with E-state index in [1.807, 2.05) is 29.2 Å². The lowest BCUT2D eigenvalue weighted by Crippen LogP contribution is -2.32. The second-order valence-corrected chi connectivity index (χ2v) is 5.81. The summed E-state index contributed by atoms with van der Waals surface area (Å²) in [5.41, 5.74) is 7.64. The monoisotopic (exact) mass is 445 g/mol. The number of guanidine groups is 1. The van der Waals surface area contributed by atoms with Crippen LogP contribution in [0.1, 0.15) is 38.2 Å². The molecule has 6 nitrogen and oxygen atoms in total. The summed E-state index contributed by atoms with van der Waals surface area (Å²) in [4.78, 5) is 18.3. The van der Waals surface area contributed by atoms with Crippen molar-refractivity contribution >= 4 is 41.7 Å². The average Bonchev–Trinajstić information content (AvgIpc) is 3.08. The number of hydrogen-bond donors (Lipinski definition) is 3. The van der Waals surface area contributed by atoms with Crippen LogP contribution in [0.5, 0.6) is 0 Å². The number of nitrogens with two attached hydrogens (primary N) is 1. The fourth-order valence-corrected chi connectivity index (χ4v) is 2.50. The lowest BCUT2D eigenvalue weighted by atomic mass is 10.2. The van der Waals surface area contributed by atoms with Crippen molar-refractivity contribution < 1.29 is 4.79 Å². The zero-order valence-electron chi connectivity index (χ0n) is 14.3. The van der Waals surface area contributed by atoms with Crippen LogP contribution in [0.25, 0.3) is 0 Å². The summed E-state index contributed by atoms with van der Waals surface area (Å²) in [5, 5.41) is 6.03. The van der Waals surface area contributed by atoms with Gasteiger partial charge in [0.25, 0.3) is 0 Å². The zero-order valence-corrected chi connectivity index (χ0v) is 16.6. The van der Waals surface area contributed by atoms with Crippen molar-refractivity contribution in [2.75, 3.05) is 25.0 Å². The third-order valence-electron chi connectivity index (χ3n) is 3.84. The first kappa shape index (κ1) is 20.5. The number of anilines is 1. The van der Waals surface area contributed by atoms with E-state index in [0.29, 0.717) is 12.5 Å². The van der Waals surface area contributed by atoms with Crippen molar-refractivity contribution in [1.29, 1.82) is 0 Å². The largest absolute Gasteiger partial charge is 0.370 e. The lowest BCUT2D eigenvalue weighted by Gasteiger charge is -2.16. The molecule has 1 aliphatic heterocycles. The van der Waals surface area contributed by atoms with Crippen molar-refractivity contribution in [1.82, 2.24) is 10.2 Å². The SMILES string of the molecule is CCCCNC(N)=NCc1cccc(NC(=O)N2CCCC2)c1.I. The molecule has 0 bridgehead atoms. The predicted molar refractivity (Wildman–Crippen MR) is 110 cm³/mol. The Balaban J connectivity index is 0.00000288. The summed E-state index contributed by atoms with van der Waals surface area (Å²) >= 11 is 0. The van der Waals surface area contributed by atoms with Crippen LogP contribution in [0.15, 0.2) is 29.3 Å². The van der Waals surface area contributed by atoms with Gasteiger partial charge in [-0.2, -0.15) is 0 Å². The van der Waals surface area contributed by atoms with Crippen molar-refractivity contribution in [3.05, 3.63) is 29.8 Å². The Kier molecular flexibility index (Phi) is 9.51. The molecule has 2 rings (SSSR count). The topological polar surface area (TPSA) is 82.7 Å². The maximum absolute atomic E-state index is 12.1. The molecule has 1 saturated heterocycles. The highest BCUT2D eigenvalue weighted by molar-refractivity contribution is 14.0.